The zero-order chi connectivity index (χ0) is 21.1. The summed E-state index contributed by atoms with van der Waals surface area (Å²) in [5, 5.41) is 2.33. The van der Waals surface area contributed by atoms with Gasteiger partial charge < -0.3 is 19.6 Å². The Morgan fingerprint density at radius 1 is 1.14 bits per heavy atom. The number of aryl methyl sites for hydroxylation is 1. The van der Waals surface area contributed by atoms with E-state index in [2.05, 4.69) is 5.32 Å². The number of hydrogen-bond donors (Lipinski definition) is 2. The second kappa shape index (κ2) is 8.67. The summed E-state index contributed by atoms with van der Waals surface area (Å²) in [5.74, 6) is -1.38. The molecule has 2 bridgehead atoms. The third kappa shape index (κ3) is 4.60. The molecule has 0 spiro atoms. The van der Waals surface area contributed by atoms with Gasteiger partial charge in [0.25, 0.3) is 11.8 Å². The molecule has 158 valence electrons. The lowest BCUT2D eigenvalue weighted by molar-refractivity contribution is -0.148. The highest BCUT2D eigenvalue weighted by Crippen LogP contribution is 2.49. The van der Waals surface area contributed by atoms with Crippen molar-refractivity contribution in [1.29, 1.82) is 0 Å². The third-order valence-electron chi connectivity index (χ3n) is 5.74. The second-order valence-electron chi connectivity index (χ2n) is 7.67. The van der Waals surface area contributed by atoms with Crippen LogP contribution in [0.5, 0.6) is 0 Å². The van der Waals surface area contributed by atoms with Gasteiger partial charge in [0.15, 0.2) is 6.61 Å². The van der Waals surface area contributed by atoms with Gasteiger partial charge in [0.1, 0.15) is 16.9 Å². The first kappa shape index (κ1) is 20.9. The van der Waals surface area contributed by atoms with E-state index in [1.165, 1.54) is 26.2 Å². The largest absolute Gasteiger partial charge is 0.462 e. The maximum Gasteiger partial charge on any atom is 0.342 e. The van der Waals surface area contributed by atoms with Crippen molar-refractivity contribution in [3.05, 3.63) is 16.9 Å². The van der Waals surface area contributed by atoms with E-state index in [1.807, 2.05) is 0 Å². The summed E-state index contributed by atoms with van der Waals surface area (Å²) < 4.78 is 15.3. The SMILES string of the molecule is CCOC(=O)c1c(C)oc(NC(=O)COC(=O)C[C@@H]2C[C@H]3CC[C@@H]2C3)c1C(N)=O. The molecule has 0 unspecified atom stereocenters. The van der Waals surface area contributed by atoms with Gasteiger partial charge in [0.05, 0.1) is 6.61 Å². The minimum Gasteiger partial charge on any atom is -0.462 e. The van der Waals surface area contributed by atoms with E-state index in [0.29, 0.717) is 18.3 Å². The van der Waals surface area contributed by atoms with Gasteiger partial charge in [0.2, 0.25) is 5.88 Å². The molecule has 1 heterocycles. The van der Waals surface area contributed by atoms with E-state index in [1.54, 1.807) is 6.92 Å². The van der Waals surface area contributed by atoms with Crippen LogP contribution in [0.15, 0.2) is 4.42 Å². The third-order valence-corrected chi connectivity index (χ3v) is 5.74. The Balaban J connectivity index is 1.57. The summed E-state index contributed by atoms with van der Waals surface area (Å²) in [7, 11) is 0. The highest BCUT2D eigenvalue weighted by atomic mass is 16.5. The molecule has 0 radical (unpaired) electrons. The molecular formula is C20H26N2O7. The van der Waals surface area contributed by atoms with E-state index < -0.39 is 30.4 Å². The Morgan fingerprint density at radius 3 is 2.48 bits per heavy atom. The van der Waals surface area contributed by atoms with Crippen LogP contribution in [0.25, 0.3) is 0 Å². The fourth-order valence-corrected chi connectivity index (χ4v) is 4.53. The van der Waals surface area contributed by atoms with Crippen LogP contribution in [-0.4, -0.2) is 37.0 Å². The number of amides is 2. The van der Waals surface area contributed by atoms with Gasteiger partial charge in [0, 0.05) is 6.42 Å². The molecule has 0 aromatic carbocycles. The van der Waals surface area contributed by atoms with E-state index >= 15 is 0 Å². The molecule has 3 N–H and O–H groups in total. The number of rotatable bonds is 8. The Kier molecular flexibility index (Phi) is 6.24. The van der Waals surface area contributed by atoms with Gasteiger partial charge in [-0.05, 0) is 50.9 Å². The molecule has 1 aromatic heterocycles. The van der Waals surface area contributed by atoms with Crippen LogP contribution in [0.4, 0.5) is 5.88 Å². The molecule has 0 saturated heterocycles. The zero-order valence-corrected chi connectivity index (χ0v) is 16.6. The lowest BCUT2D eigenvalue weighted by Gasteiger charge is -2.20. The lowest BCUT2D eigenvalue weighted by atomic mass is 9.86. The van der Waals surface area contributed by atoms with Crippen molar-refractivity contribution in [3.63, 3.8) is 0 Å². The molecule has 9 heteroatoms. The Labute approximate surface area is 168 Å². The molecule has 2 fully saturated rings. The van der Waals surface area contributed by atoms with Crippen LogP contribution in [-0.2, 0) is 19.1 Å². The average molecular weight is 406 g/mol. The number of nitrogens with one attached hydrogen (secondary N) is 1. The highest BCUT2D eigenvalue weighted by molar-refractivity contribution is 6.10. The summed E-state index contributed by atoms with van der Waals surface area (Å²) in [4.78, 5) is 48.1. The summed E-state index contributed by atoms with van der Waals surface area (Å²) in [5.41, 5.74) is 4.93. The molecule has 2 amide bonds. The number of nitrogens with two attached hydrogens (primary N) is 1. The molecule has 3 atom stereocenters. The van der Waals surface area contributed by atoms with Gasteiger partial charge >= 0.3 is 11.9 Å². The van der Waals surface area contributed by atoms with Crippen molar-refractivity contribution >= 4 is 29.6 Å². The number of furan rings is 1. The Morgan fingerprint density at radius 2 is 1.90 bits per heavy atom. The van der Waals surface area contributed by atoms with Crippen LogP contribution in [0, 0.1) is 24.7 Å². The summed E-state index contributed by atoms with van der Waals surface area (Å²) in [6, 6.07) is 0. The van der Waals surface area contributed by atoms with Crippen LogP contribution in [0.1, 0.15) is 65.5 Å². The van der Waals surface area contributed by atoms with Crippen LogP contribution >= 0.6 is 0 Å². The monoisotopic (exact) mass is 406 g/mol. The molecule has 1 aromatic rings. The first-order chi connectivity index (χ1) is 13.8. The number of primary amides is 1. The van der Waals surface area contributed by atoms with Crippen molar-refractivity contribution in [1.82, 2.24) is 0 Å². The average Bonchev–Trinajstić information content (AvgIpc) is 3.34. The summed E-state index contributed by atoms with van der Waals surface area (Å²) in [6.45, 7) is 2.64. The van der Waals surface area contributed by atoms with Crippen LogP contribution < -0.4 is 11.1 Å². The molecule has 2 saturated carbocycles. The summed E-state index contributed by atoms with van der Waals surface area (Å²) in [6.07, 6.45) is 4.97. The molecule has 9 nitrogen and oxygen atoms in total. The molecule has 0 aliphatic heterocycles. The van der Waals surface area contributed by atoms with E-state index in [-0.39, 0.29) is 29.4 Å². The van der Waals surface area contributed by atoms with Crippen molar-refractivity contribution < 1.29 is 33.1 Å². The second-order valence-corrected chi connectivity index (χ2v) is 7.67. The molecule has 2 aliphatic carbocycles. The standard InChI is InChI=1S/C20H26N2O7/c1-3-27-20(26)16-10(2)29-19(17(16)18(21)25)22-14(23)9-28-15(24)8-13-7-11-4-5-12(13)6-11/h11-13H,3-9H2,1-2H3,(H2,21,25)(H,22,23)/t11-,12+,13-/m0/s1. The van der Waals surface area contributed by atoms with E-state index in [4.69, 9.17) is 19.6 Å². The van der Waals surface area contributed by atoms with Crippen LogP contribution in [0.3, 0.4) is 0 Å². The van der Waals surface area contributed by atoms with E-state index in [0.717, 1.165) is 12.3 Å². The van der Waals surface area contributed by atoms with Gasteiger partial charge in [-0.15, -0.1) is 0 Å². The van der Waals surface area contributed by atoms with Crippen molar-refractivity contribution in [2.24, 2.45) is 23.5 Å². The zero-order valence-electron chi connectivity index (χ0n) is 16.6. The number of anilines is 1. The smallest absolute Gasteiger partial charge is 0.342 e. The number of ether oxygens (including phenoxy) is 2. The molecule has 3 rings (SSSR count). The van der Waals surface area contributed by atoms with Gasteiger partial charge in [-0.2, -0.15) is 0 Å². The van der Waals surface area contributed by atoms with Gasteiger partial charge in [-0.3, -0.25) is 19.7 Å². The molecule has 29 heavy (non-hydrogen) atoms. The van der Waals surface area contributed by atoms with Crippen molar-refractivity contribution in [2.45, 2.75) is 46.0 Å². The predicted molar refractivity (Wildman–Crippen MR) is 101 cm³/mol. The highest BCUT2D eigenvalue weighted by Gasteiger charge is 2.40. The number of hydrogen-bond acceptors (Lipinski definition) is 7. The number of esters is 2. The van der Waals surface area contributed by atoms with Crippen LogP contribution in [0.2, 0.25) is 0 Å². The molecule has 2 aliphatic rings. The van der Waals surface area contributed by atoms with Crippen molar-refractivity contribution in [3.8, 4) is 0 Å². The first-order valence-corrected chi connectivity index (χ1v) is 9.85. The van der Waals surface area contributed by atoms with E-state index in [9.17, 15) is 19.2 Å². The first-order valence-electron chi connectivity index (χ1n) is 9.85. The summed E-state index contributed by atoms with van der Waals surface area (Å²) >= 11 is 0. The van der Waals surface area contributed by atoms with Crippen molar-refractivity contribution in [2.75, 3.05) is 18.5 Å². The number of carbonyl (C=O) groups excluding carboxylic acids is 4. The fraction of sp³-hybridized carbons (Fsp3) is 0.600. The maximum absolute atomic E-state index is 12.2. The fourth-order valence-electron chi connectivity index (χ4n) is 4.53. The number of fused-ring (bicyclic) bond motifs is 2. The minimum absolute atomic E-state index is 0.0841. The number of carbonyl (C=O) groups is 4. The Bertz CT molecular complexity index is 829. The topological polar surface area (TPSA) is 138 Å². The van der Waals surface area contributed by atoms with Gasteiger partial charge in [-0.1, -0.05) is 6.42 Å². The molecular weight excluding hydrogens is 380 g/mol. The maximum atomic E-state index is 12.2. The normalized spacial score (nSPS) is 22.3. The lowest BCUT2D eigenvalue weighted by Crippen LogP contribution is -2.24. The Hall–Kier alpha value is -2.84. The minimum atomic E-state index is -0.950. The van der Waals surface area contributed by atoms with Gasteiger partial charge in [-0.25, -0.2) is 4.79 Å². The quantitative estimate of drug-likeness (QED) is 0.631. The predicted octanol–water partition coefficient (Wildman–Crippen LogP) is 2.17.